The molecule has 1 aromatic rings. The largest absolute Gasteiger partial charge is 0.325 e. The van der Waals surface area contributed by atoms with Crippen LogP contribution in [-0.2, 0) is 6.54 Å². The van der Waals surface area contributed by atoms with E-state index in [1.807, 2.05) is 0 Å². The van der Waals surface area contributed by atoms with Gasteiger partial charge in [-0.1, -0.05) is 35.9 Å². The number of hydrogen-bond acceptors (Lipinski definition) is 2. The molecule has 2 nitrogen and oxygen atoms in total. The fourth-order valence-electron chi connectivity index (χ4n) is 2.30. The van der Waals surface area contributed by atoms with E-state index < -0.39 is 0 Å². The zero-order valence-electron chi connectivity index (χ0n) is 9.89. The van der Waals surface area contributed by atoms with Crippen molar-refractivity contribution in [2.45, 2.75) is 32.0 Å². The third-order valence-electron chi connectivity index (χ3n) is 3.19. The molecule has 1 aliphatic heterocycles. The van der Waals surface area contributed by atoms with Crippen molar-refractivity contribution in [1.29, 1.82) is 0 Å². The van der Waals surface area contributed by atoms with Gasteiger partial charge in [-0.3, -0.25) is 4.90 Å². The standard InChI is InChI=1S/C14H20N2/c1-11(2)8-14-13(15)10-16(14)9-12-6-4-3-5-7-12/h3-7,13-14H,1,8-10,15H2,2H3. The van der Waals surface area contributed by atoms with E-state index >= 15 is 0 Å². The van der Waals surface area contributed by atoms with Gasteiger partial charge in [-0.25, -0.2) is 0 Å². The minimum atomic E-state index is 0.320. The summed E-state index contributed by atoms with van der Waals surface area (Å²) >= 11 is 0. The zero-order chi connectivity index (χ0) is 11.5. The van der Waals surface area contributed by atoms with Crippen LogP contribution in [0.5, 0.6) is 0 Å². The first kappa shape index (κ1) is 11.4. The average Bonchev–Trinajstić information content (AvgIpc) is 2.27. The first-order chi connectivity index (χ1) is 7.66. The molecule has 16 heavy (non-hydrogen) atoms. The van der Waals surface area contributed by atoms with Crippen molar-refractivity contribution in [3.8, 4) is 0 Å². The number of hydrogen-bond donors (Lipinski definition) is 1. The molecule has 0 radical (unpaired) electrons. The molecule has 2 unspecified atom stereocenters. The molecule has 2 atom stereocenters. The summed E-state index contributed by atoms with van der Waals surface area (Å²) in [5, 5.41) is 0. The normalized spacial score (nSPS) is 25.1. The molecular formula is C14H20N2. The van der Waals surface area contributed by atoms with Gasteiger partial charge in [-0.05, 0) is 18.9 Å². The van der Waals surface area contributed by atoms with Crippen LogP contribution in [0.25, 0.3) is 0 Å². The van der Waals surface area contributed by atoms with E-state index in [4.69, 9.17) is 5.73 Å². The molecule has 2 rings (SSSR count). The first-order valence-electron chi connectivity index (χ1n) is 5.85. The van der Waals surface area contributed by atoms with E-state index in [0.717, 1.165) is 19.5 Å². The van der Waals surface area contributed by atoms with Gasteiger partial charge in [0.2, 0.25) is 0 Å². The molecule has 86 valence electrons. The van der Waals surface area contributed by atoms with Gasteiger partial charge in [0.25, 0.3) is 0 Å². The second kappa shape index (κ2) is 4.81. The van der Waals surface area contributed by atoms with Crippen LogP contribution in [0.3, 0.4) is 0 Å². The van der Waals surface area contributed by atoms with Crippen molar-refractivity contribution in [2.24, 2.45) is 5.73 Å². The van der Waals surface area contributed by atoms with Gasteiger partial charge in [0.05, 0.1) is 0 Å². The van der Waals surface area contributed by atoms with Crippen LogP contribution in [0.1, 0.15) is 18.9 Å². The fraction of sp³-hybridized carbons (Fsp3) is 0.429. The Kier molecular flexibility index (Phi) is 3.42. The molecule has 1 aliphatic rings. The van der Waals surface area contributed by atoms with Gasteiger partial charge in [0.1, 0.15) is 0 Å². The van der Waals surface area contributed by atoms with Crippen molar-refractivity contribution < 1.29 is 0 Å². The topological polar surface area (TPSA) is 29.3 Å². The SMILES string of the molecule is C=C(C)CC1C(N)CN1Cc1ccccc1. The lowest BCUT2D eigenvalue weighted by molar-refractivity contribution is 0.0549. The van der Waals surface area contributed by atoms with Crippen LogP contribution in [0.15, 0.2) is 42.5 Å². The van der Waals surface area contributed by atoms with Crippen LogP contribution in [0, 0.1) is 0 Å². The second-order valence-corrected chi connectivity index (χ2v) is 4.81. The third-order valence-corrected chi connectivity index (χ3v) is 3.19. The summed E-state index contributed by atoms with van der Waals surface area (Å²) < 4.78 is 0. The van der Waals surface area contributed by atoms with Gasteiger partial charge in [0, 0.05) is 25.2 Å². The predicted octanol–water partition coefficient (Wildman–Crippen LogP) is 2.16. The highest BCUT2D eigenvalue weighted by Gasteiger charge is 2.35. The number of benzene rings is 1. The van der Waals surface area contributed by atoms with E-state index in [1.54, 1.807) is 0 Å². The summed E-state index contributed by atoms with van der Waals surface area (Å²) in [5.41, 5.74) is 8.62. The lowest BCUT2D eigenvalue weighted by atomic mass is 9.91. The smallest absolute Gasteiger partial charge is 0.0329 e. The minimum Gasteiger partial charge on any atom is -0.325 e. The van der Waals surface area contributed by atoms with Crippen LogP contribution in [0.2, 0.25) is 0 Å². The first-order valence-corrected chi connectivity index (χ1v) is 5.85. The van der Waals surface area contributed by atoms with Gasteiger partial charge in [-0.2, -0.15) is 0 Å². The maximum Gasteiger partial charge on any atom is 0.0329 e. The molecule has 2 N–H and O–H groups in total. The Balaban J connectivity index is 1.93. The summed E-state index contributed by atoms with van der Waals surface area (Å²) in [6, 6.07) is 11.4. The Morgan fingerprint density at radius 1 is 1.44 bits per heavy atom. The molecule has 0 bridgehead atoms. The van der Waals surface area contributed by atoms with Gasteiger partial charge >= 0.3 is 0 Å². The van der Waals surface area contributed by atoms with E-state index in [2.05, 4.69) is 48.7 Å². The van der Waals surface area contributed by atoms with Gasteiger partial charge in [0.15, 0.2) is 0 Å². The van der Waals surface area contributed by atoms with E-state index in [1.165, 1.54) is 11.1 Å². The van der Waals surface area contributed by atoms with Crippen molar-refractivity contribution in [2.75, 3.05) is 6.54 Å². The molecule has 0 saturated carbocycles. The number of rotatable bonds is 4. The average molecular weight is 216 g/mol. The van der Waals surface area contributed by atoms with Gasteiger partial charge in [-0.15, -0.1) is 6.58 Å². The minimum absolute atomic E-state index is 0.320. The van der Waals surface area contributed by atoms with E-state index in [9.17, 15) is 0 Å². The Hall–Kier alpha value is -1.12. The number of nitrogens with two attached hydrogens (primary N) is 1. The summed E-state index contributed by atoms with van der Waals surface area (Å²) in [7, 11) is 0. The molecule has 0 aliphatic carbocycles. The molecule has 1 fully saturated rings. The van der Waals surface area contributed by atoms with Crippen molar-refractivity contribution >= 4 is 0 Å². The van der Waals surface area contributed by atoms with E-state index in [-0.39, 0.29) is 0 Å². The molecule has 1 heterocycles. The lowest BCUT2D eigenvalue weighted by Gasteiger charge is -2.46. The van der Waals surface area contributed by atoms with Crippen LogP contribution in [0.4, 0.5) is 0 Å². The molecule has 0 spiro atoms. The maximum absolute atomic E-state index is 6.03. The molecule has 1 saturated heterocycles. The highest BCUT2D eigenvalue weighted by Crippen LogP contribution is 2.24. The van der Waals surface area contributed by atoms with Crippen molar-refractivity contribution in [3.63, 3.8) is 0 Å². The maximum atomic E-state index is 6.03. The number of likely N-dealkylation sites (tertiary alicyclic amines) is 1. The second-order valence-electron chi connectivity index (χ2n) is 4.81. The quantitative estimate of drug-likeness (QED) is 0.782. The van der Waals surface area contributed by atoms with Crippen LogP contribution >= 0.6 is 0 Å². The Morgan fingerprint density at radius 2 is 2.12 bits per heavy atom. The summed E-state index contributed by atoms with van der Waals surface area (Å²) in [5.74, 6) is 0. The highest BCUT2D eigenvalue weighted by atomic mass is 15.3. The number of nitrogens with zero attached hydrogens (tertiary/aromatic N) is 1. The van der Waals surface area contributed by atoms with Crippen LogP contribution < -0.4 is 5.73 Å². The Bertz CT molecular complexity index is 358. The lowest BCUT2D eigenvalue weighted by Crippen LogP contribution is -2.63. The summed E-state index contributed by atoms with van der Waals surface area (Å²) in [6.45, 7) is 8.06. The predicted molar refractivity (Wildman–Crippen MR) is 68.0 cm³/mol. The monoisotopic (exact) mass is 216 g/mol. The summed E-state index contributed by atoms with van der Waals surface area (Å²) in [4.78, 5) is 2.44. The fourth-order valence-corrected chi connectivity index (χ4v) is 2.30. The molecular weight excluding hydrogens is 196 g/mol. The third kappa shape index (κ3) is 2.52. The Labute approximate surface area is 97.8 Å². The molecule has 1 aromatic carbocycles. The zero-order valence-corrected chi connectivity index (χ0v) is 9.89. The molecule has 2 heteroatoms. The molecule has 0 aromatic heterocycles. The van der Waals surface area contributed by atoms with Crippen LogP contribution in [-0.4, -0.2) is 23.5 Å². The van der Waals surface area contributed by atoms with E-state index in [0.29, 0.717) is 12.1 Å². The highest BCUT2D eigenvalue weighted by molar-refractivity contribution is 5.16. The van der Waals surface area contributed by atoms with Gasteiger partial charge < -0.3 is 5.73 Å². The van der Waals surface area contributed by atoms with Crippen molar-refractivity contribution in [1.82, 2.24) is 4.90 Å². The Morgan fingerprint density at radius 3 is 2.69 bits per heavy atom. The molecule has 0 amide bonds. The summed E-state index contributed by atoms with van der Waals surface area (Å²) in [6.07, 6.45) is 1.02. The van der Waals surface area contributed by atoms with Crippen molar-refractivity contribution in [3.05, 3.63) is 48.0 Å².